The fourth-order valence-corrected chi connectivity index (χ4v) is 3.36. The van der Waals surface area contributed by atoms with Crippen LogP contribution in [0, 0.1) is 17.1 Å². The van der Waals surface area contributed by atoms with Crippen molar-refractivity contribution in [3.63, 3.8) is 0 Å². The van der Waals surface area contributed by atoms with Crippen LogP contribution in [0.2, 0.25) is 0 Å². The average molecular weight is 417 g/mol. The molecule has 2 N–H and O–H groups in total. The van der Waals surface area contributed by atoms with Gasteiger partial charge >= 0.3 is 6.61 Å². The first-order valence-electron chi connectivity index (χ1n) is 9.44. The molecule has 1 saturated heterocycles. The van der Waals surface area contributed by atoms with E-state index in [4.69, 9.17) is 5.26 Å². The number of hydrogen-bond donors (Lipinski definition) is 2. The average Bonchev–Trinajstić information content (AvgIpc) is 3.20. The highest BCUT2D eigenvalue weighted by Gasteiger charge is 2.26. The fraction of sp³-hybridized carbons (Fsp3) is 0.333. The number of guanidine groups is 1. The van der Waals surface area contributed by atoms with Crippen LogP contribution in [-0.2, 0) is 6.54 Å². The Bertz CT molecular complexity index is 944. The first-order chi connectivity index (χ1) is 14.5. The molecule has 0 aliphatic carbocycles. The van der Waals surface area contributed by atoms with Crippen LogP contribution in [0.25, 0.3) is 0 Å². The number of halogens is 3. The lowest BCUT2D eigenvalue weighted by atomic mass is 10.1. The lowest BCUT2D eigenvalue weighted by Crippen LogP contribution is -2.44. The molecule has 0 spiro atoms. The van der Waals surface area contributed by atoms with Crippen LogP contribution in [0.4, 0.5) is 18.9 Å². The molecule has 1 aliphatic heterocycles. The van der Waals surface area contributed by atoms with Crippen molar-refractivity contribution in [3.8, 4) is 11.8 Å². The van der Waals surface area contributed by atoms with E-state index in [0.717, 1.165) is 6.42 Å². The molecule has 0 saturated carbocycles. The molecule has 2 aromatic rings. The van der Waals surface area contributed by atoms with Crippen LogP contribution in [0.1, 0.15) is 17.5 Å². The summed E-state index contributed by atoms with van der Waals surface area (Å²) in [6.45, 7) is -1.48. The third kappa shape index (κ3) is 5.35. The van der Waals surface area contributed by atoms with Gasteiger partial charge in [0.05, 0.1) is 17.3 Å². The molecule has 1 atom stereocenters. The van der Waals surface area contributed by atoms with Crippen molar-refractivity contribution < 1.29 is 17.9 Å². The van der Waals surface area contributed by atoms with E-state index in [1.54, 1.807) is 25.2 Å². The number of nitrogens with one attached hydrogen (secondary N) is 2. The van der Waals surface area contributed by atoms with Gasteiger partial charge in [-0.05, 0) is 36.8 Å². The second-order valence-corrected chi connectivity index (χ2v) is 6.77. The molecule has 1 aliphatic rings. The number of anilines is 1. The molecule has 0 amide bonds. The number of nitrogens with zero attached hydrogens (tertiary/aromatic N) is 3. The summed E-state index contributed by atoms with van der Waals surface area (Å²) in [6.07, 6.45) is 0.766. The van der Waals surface area contributed by atoms with Gasteiger partial charge in [0.2, 0.25) is 0 Å². The van der Waals surface area contributed by atoms with Gasteiger partial charge in [0.25, 0.3) is 0 Å². The van der Waals surface area contributed by atoms with Gasteiger partial charge in [-0.1, -0.05) is 12.1 Å². The third-order valence-corrected chi connectivity index (χ3v) is 4.80. The van der Waals surface area contributed by atoms with Gasteiger partial charge in [-0.3, -0.25) is 4.99 Å². The summed E-state index contributed by atoms with van der Waals surface area (Å²) in [6, 6.07) is 12.9. The van der Waals surface area contributed by atoms with Crippen LogP contribution >= 0.6 is 0 Å². The topological polar surface area (TPSA) is 72.7 Å². The van der Waals surface area contributed by atoms with E-state index < -0.39 is 12.4 Å². The van der Waals surface area contributed by atoms with Gasteiger partial charge in [-0.2, -0.15) is 14.0 Å². The highest BCUT2D eigenvalue weighted by Crippen LogP contribution is 2.31. The van der Waals surface area contributed by atoms with Crippen LogP contribution in [0.3, 0.4) is 0 Å². The zero-order valence-corrected chi connectivity index (χ0v) is 16.4. The molecule has 9 heteroatoms. The summed E-state index contributed by atoms with van der Waals surface area (Å²) in [5, 5.41) is 15.3. The Kier molecular flexibility index (Phi) is 7.01. The molecule has 1 heterocycles. The summed E-state index contributed by atoms with van der Waals surface area (Å²) in [4.78, 5) is 6.13. The number of hydrogen-bond acceptors (Lipinski definition) is 4. The van der Waals surface area contributed by atoms with E-state index in [2.05, 4.69) is 20.4 Å². The normalized spacial score (nSPS) is 16.5. The minimum atomic E-state index is -2.88. The summed E-state index contributed by atoms with van der Waals surface area (Å²) < 4.78 is 43.9. The first-order valence-corrected chi connectivity index (χ1v) is 9.44. The highest BCUT2D eigenvalue weighted by molar-refractivity contribution is 5.80. The quantitative estimate of drug-likeness (QED) is 0.558. The van der Waals surface area contributed by atoms with Crippen molar-refractivity contribution in [2.75, 3.05) is 25.0 Å². The Morgan fingerprint density at radius 1 is 1.33 bits per heavy atom. The Hall–Kier alpha value is -3.41. The molecule has 30 heavy (non-hydrogen) atoms. The van der Waals surface area contributed by atoms with E-state index in [9.17, 15) is 13.2 Å². The van der Waals surface area contributed by atoms with Gasteiger partial charge in [-0.15, -0.1) is 0 Å². The number of alkyl halides is 2. The standard InChI is InChI=1S/C21H22F3N5O/c1-26-21(27-12-15-10-14(11-25)6-7-17(15)22)28-16-8-9-29(13-16)18-4-2-3-5-19(18)30-20(23)24/h2-7,10,16,20H,8-9,12-13H2,1H3,(H2,26,27,28). The predicted octanol–water partition coefficient (Wildman–Crippen LogP) is 3.24. The van der Waals surface area contributed by atoms with Crippen LogP contribution < -0.4 is 20.3 Å². The Balaban J connectivity index is 1.59. The largest absolute Gasteiger partial charge is 0.433 e. The number of nitriles is 1. The number of ether oxygens (including phenoxy) is 1. The van der Waals surface area contributed by atoms with E-state index in [1.807, 2.05) is 11.0 Å². The van der Waals surface area contributed by atoms with Gasteiger partial charge in [-0.25, -0.2) is 4.39 Å². The molecule has 0 aromatic heterocycles. The van der Waals surface area contributed by atoms with Crippen molar-refractivity contribution >= 4 is 11.6 Å². The number of rotatable bonds is 6. The molecular formula is C21H22F3N5O. The number of para-hydroxylation sites is 2. The van der Waals surface area contributed by atoms with Gasteiger partial charge in [0, 0.05) is 38.3 Å². The van der Waals surface area contributed by atoms with E-state index in [0.29, 0.717) is 35.9 Å². The maximum Gasteiger partial charge on any atom is 0.387 e. The predicted molar refractivity (Wildman–Crippen MR) is 108 cm³/mol. The van der Waals surface area contributed by atoms with E-state index >= 15 is 0 Å². The second kappa shape index (κ2) is 9.87. The molecule has 158 valence electrons. The summed E-state index contributed by atoms with van der Waals surface area (Å²) >= 11 is 0. The van der Waals surface area contributed by atoms with Crippen LogP contribution in [0.15, 0.2) is 47.5 Å². The summed E-state index contributed by atoms with van der Waals surface area (Å²) in [5.74, 6) is 0.226. The smallest absolute Gasteiger partial charge is 0.387 e. The fourth-order valence-electron chi connectivity index (χ4n) is 3.36. The van der Waals surface area contributed by atoms with Gasteiger partial charge < -0.3 is 20.3 Å². The molecule has 1 unspecified atom stereocenters. The zero-order chi connectivity index (χ0) is 21.5. The second-order valence-electron chi connectivity index (χ2n) is 6.77. The van der Waals surface area contributed by atoms with Gasteiger partial charge in [0.1, 0.15) is 11.6 Å². The molecule has 0 bridgehead atoms. The Morgan fingerprint density at radius 2 is 2.13 bits per heavy atom. The number of aliphatic imine (C=N–C) groups is 1. The first kappa shape index (κ1) is 21.3. The Labute approximate surface area is 173 Å². The van der Waals surface area contributed by atoms with E-state index in [1.165, 1.54) is 24.3 Å². The molecule has 2 aromatic carbocycles. The third-order valence-electron chi connectivity index (χ3n) is 4.80. The SMILES string of the molecule is CN=C(NCc1cc(C#N)ccc1F)NC1CCN(c2ccccc2OC(F)F)C1. The van der Waals surface area contributed by atoms with Crippen LogP contribution in [-0.4, -0.2) is 38.8 Å². The molecular weight excluding hydrogens is 395 g/mol. The summed E-state index contributed by atoms with van der Waals surface area (Å²) in [5.41, 5.74) is 1.36. The zero-order valence-electron chi connectivity index (χ0n) is 16.4. The summed E-state index contributed by atoms with van der Waals surface area (Å²) in [7, 11) is 1.61. The highest BCUT2D eigenvalue weighted by atomic mass is 19.3. The minimum Gasteiger partial charge on any atom is -0.433 e. The van der Waals surface area contributed by atoms with Crippen molar-refractivity contribution in [1.82, 2.24) is 10.6 Å². The minimum absolute atomic E-state index is 0.0195. The van der Waals surface area contributed by atoms with Crippen molar-refractivity contribution in [2.45, 2.75) is 25.6 Å². The number of benzene rings is 2. The lowest BCUT2D eigenvalue weighted by Gasteiger charge is -2.22. The van der Waals surface area contributed by atoms with Gasteiger partial charge in [0.15, 0.2) is 5.96 Å². The Morgan fingerprint density at radius 3 is 2.87 bits per heavy atom. The molecule has 6 nitrogen and oxygen atoms in total. The monoisotopic (exact) mass is 417 g/mol. The van der Waals surface area contributed by atoms with Crippen molar-refractivity contribution in [2.24, 2.45) is 4.99 Å². The maximum absolute atomic E-state index is 14.0. The lowest BCUT2D eigenvalue weighted by molar-refractivity contribution is -0.0495. The maximum atomic E-state index is 14.0. The van der Waals surface area contributed by atoms with Crippen molar-refractivity contribution in [3.05, 3.63) is 59.4 Å². The van der Waals surface area contributed by atoms with Crippen LogP contribution in [0.5, 0.6) is 5.75 Å². The van der Waals surface area contributed by atoms with E-state index in [-0.39, 0.29) is 18.3 Å². The molecule has 1 fully saturated rings. The molecule has 3 rings (SSSR count). The van der Waals surface area contributed by atoms with Crippen molar-refractivity contribution in [1.29, 1.82) is 5.26 Å². The molecule has 0 radical (unpaired) electrons.